The van der Waals surface area contributed by atoms with E-state index in [9.17, 15) is 4.79 Å². The molecule has 0 spiro atoms. The van der Waals surface area contributed by atoms with E-state index >= 15 is 0 Å². The van der Waals surface area contributed by atoms with Gasteiger partial charge in [-0.1, -0.05) is 30.3 Å². The van der Waals surface area contributed by atoms with Crippen molar-refractivity contribution in [2.75, 3.05) is 6.61 Å². The molecule has 0 unspecified atom stereocenters. The zero-order chi connectivity index (χ0) is 22.7. The molecule has 0 bridgehead atoms. The van der Waals surface area contributed by atoms with Gasteiger partial charge in [-0.05, 0) is 43.2 Å². The molecule has 6 rings (SSSR count). The lowest BCUT2D eigenvalue weighted by atomic mass is 10.0. The van der Waals surface area contributed by atoms with Gasteiger partial charge in [0.2, 0.25) is 0 Å². The highest BCUT2D eigenvalue weighted by molar-refractivity contribution is 6.08. The molecule has 0 saturated carbocycles. The third-order valence-corrected chi connectivity index (χ3v) is 6.32. The third-order valence-electron chi connectivity index (χ3n) is 6.32. The Morgan fingerprint density at radius 1 is 1.09 bits per heavy atom. The summed E-state index contributed by atoms with van der Waals surface area (Å²) < 4.78 is 9.43. The van der Waals surface area contributed by atoms with Gasteiger partial charge in [-0.15, -0.1) is 0 Å². The van der Waals surface area contributed by atoms with Crippen LogP contribution in [0.4, 0.5) is 4.79 Å². The highest BCUT2D eigenvalue weighted by Crippen LogP contribution is 2.36. The summed E-state index contributed by atoms with van der Waals surface area (Å²) in [6, 6.07) is 15.5. The van der Waals surface area contributed by atoms with Gasteiger partial charge in [0.25, 0.3) is 0 Å². The maximum absolute atomic E-state index is 13.4. The van der Waals surface area contributed by atoms with Crippen LogP contribution in [-0.2, 0) is 7.05 Å². The molecule has 0 fully saturated rings. The Bertz CT molecular complexity index is 1560. The van der Waals surface area contributed by atoms with E-state index in [2.05, 4.69) is 28.7 Å². The second kappa shape index (κ2) is 7.20. The molecular weight excluding hydrogens is 414 g/mol. The van der Waals surface area contributed by atoms with Crippen LogP contribution in [0, 0.1) is 13.8 Å². The van der Waals surface area contributed by atoms with Crippen LogP contribution in [0.15, 0.2) is 60.9 Å². The van der Waals surface area contributed by atoms with Gasteiger partial charge in [0.05, 0.1) is 22.8 Å². The molecule has 1 aliphatic heterocycles. The van der Waals surface area contributed by atoms with Crippen molar-refractivity contribution in [1.82, 2.24) is 24.6 Å². The third kappa shape index (κ3) is 3.08. The Labute approximate surface area is 190 Å². The first-order chi connectivity index (χ1) is 16.0. The minimum Gasteiger partial charge on any atom is -0.491 e. The van der Waals surface area contributed by atoms with E-state index in [0.717, 1.165) is 55.6 Å². The predicted octanol–water partition coefficient (Wildman–Crippen LogP) is 4.90. The van der Waals surface area contributed by atoms with Crippen molar-refractivity contribution in [3.8, 4) is 16.9 Å². The molecule has 2 aromatic carbocycles. The van der Waals surface area contributed by atoms with Crippen LogP contribution in [0.1, 0.15) is 23.0 Å². The molecule has 7 heteroatoms. The Balaban J connectivity index is 1.35. The Kier molecular flexibility index (Phi) is 4.26. The van der Waals surface area contributed by atoms with Crippen molar-refractivity contribution >= 4 is 27.8 Å². The zero-order valence-corrected chi connectivity index (χ0v) is 18.7. The van der Waals surface area contributed by atoms with Gasteiger partial charge in [-0.2, -0.15) is 9.78 Å². The van der Waals surface area contributed by atoms with Crippen LogP contribution in [0.5, 0.6) is 5.75 Å². The number of fused-ring (bicyclic) bond motifs is 4. The van der Waals surface area contributed by atoms with Crippen molar-refractivity contribution in [1.29, 1.82) is 0 Å². The number of hydrogen-bond acceptors (Lipinski definition) is 4. The number of carbonyl (C=O) groups excluding carboxylic acids is 1. The fraction of sp³-hybridized carbons (Fsp3) is 0.192. The van der Waals surface area contributed by atoms with E-state index in [1.54, 1.807) is 0 Å². The van der Waals surface area contributed by atoms with Gasteiger partial charge in [0, 0.05) is 41.5 Å². The summed E-state index contributed by atoms with van der Waals surface area (Å²) >= 11 is 0. The molecule has 4 heterocycles. The number of aryl methyl sites for hydroxylation is 3. The first-order valence-corrected chi connectivity index (χ1v) is 10.9. The number of pyridine rings is 1. The number of nitrogens with one attached hydrogen (secondary N) is 1. The van der Waals surface area contributed by atoms with Gasteiger partial charge >= 0.3 is 6.03 Å². The average molecular weight is 438 g/mol. The van der Waals surface area contributed by atoms with Crippen molar-refractivity contribution in [2.24, 2.45) is 7.05 Å². The summed E-state index contributed by atoms with van der Waals surface area (Å²) in [5, 5.41) is 9.52. The minimum atomic E-state index is -0.280. The molecular formula is C26H23N5O2. The average Bonchev–Trinajstić information content (AvgIpc) is 3.51. The Morgan fingerprint density at radius 3 is 2.76 bits per heavy atom. The molecule has 0 aliphatic carbocycles. The standard InChI is InChI=1S/C26H23N5O2/c1-15-24-16(2)29-31(25(24)20-6-4-5-7-21(20)27-15)26(32)28-22-14-33-23-12-17(8-9-19(22)23)18-10-11-30(3)13-18/h4-13,22H,14H2,1-3H3,(H,28,32)/t22-/m1/s1. The predicted molar refractivity (Wildman–Crippen MR) is 128 cm³/mol. The molecule has 3 aromatic heterocycles. The van der Waals surface area contributed by atoms with Gasteiger partial charge in [-0.25, -0.2) is 4.79 Å². The van der Waals surface area contributed by atoms with Crippen LogP contribution < -0.4 is 10.1 Å². The highest BCUT2D eigenvalue weighted by atomic mass is 16.5. The summed E-state index contributed by atoms with van der Waals surface area (Å²) in [6.45, 7) is 4.25. The van der Waals surface area contributed by atoms with Crippen molar-refractivity contribution in [3.05, 3.63) is 77.9 Å². The van der Waals surface area contributed by atoms with Gasteiger partial charge in [0.15, 0.2) is 0 Å². The molecule has 164 valence electrons. The smallest absolute Gasteiger partial charge is 0.343 e. The quantitative estimate of drug-likeness (QED) is 0.426. The molecule has 33 heavy (non-hydrogen) atoms. The second-order valence-electron chi connectivity index (χ2n) is 8.57. The van der Waals surface area contributed by atoms with Crippen molar-refractivity contribution < 1.29 is 9.53 Å². The topological polar surface area (TPSA) is 74.0 Å². The lowest BCUT2D eigenvalue weighted by Crippen LogP contribution is -2.33. The molecule has 1 amide bonds. The lowest BCUT2D eigenvalue weighted by molar-refractivity contribution is 0.231. The molecule has 1 N–H and O–H groups in total. The fourth-order valence-electron chi connectivity index (χ4n) is 4.76. The number of ether oxygens (including phenoxy) is 1. The van der Waals surface area contributed by atoms with Gasteiger partial charge in [-0.3, -0.25) is 4.98 Å². The summed E-state index contributed by atoms with van der Waals surface area (Å²) in [6.07, 6.45) is 4.09. The van der Waals surface area contributed by atoms with E-state index in [1.807, 2.05) is 68.1 Å². The van der Waals surface area contributed by atoms with E-state index in [4.69, 9.17) is 9.72 Å². The van der Waals surface area contributed by atoms with Crippen LogP contribution in [-0.4, -0.2) is 32.0 Å². The number of hydrogen-bond donors (Lipinski definition) is 1. The van der Waals surface area contributed by atoms with Crippen LogP contribution >= 0.6 is 0 Å². The molecule has 5 aromatic rings. The first kappa shape index (κ1) is 19.5. The molecule has 1 aliphatic rings. The maximum Gasteiger partial charge on any atom is 0.343 e. The summed E-state index contributed by atoms with van der Waals surface area (Å²) in [7, 11) is 2.00. The highest BCUT2D eigenvalue weighted by Gasteiger charge is 2.28. The fourth-order valence-corrected chi connectivity index (χ4v) is 4.76. The van der Waals surface area contributed by atoms with E-state index in [-0.39, 0.29) is 12.1 Å². The number of carbonyl (C=O) groups is 1. The number of rotatable bonds is 2. The van der Waals surface area contributed by atoms with Crippen molar-refractivity contribution in [3.63, 3.8) is 0 Å². The van der Waals surface area contributed by atoms with E-state index < -0.39 is 0 Å². The zero-order valence-electron chi connectivity index (χ0n) is 18.7. The maximum atomic E-state index is 13.4. The molecule has 1 atom stereocenters. The number of aromatic nitrogens is 4. The van der Waals surface area contributed by atoms with Gasteiger partial charge in [0.1, 0.15) is 12.4 Å². The second-order valence-corrected chi connectivity index (χ2v) is 8.57. The van der Waals surface area contributed by atoms with Crippen molar-refractivity contribution in [2.45, 2.75) is 19.9 Å². The van der Waals surface area contributed by atoms with Crippen LogP contribution in [0.2, 0.25) is 0 Å². The Morgan fingerprint density at radius 2 is 1.94 bits per heavy atom. The summed E-state index contributed by atoms with van der Waals surface area (Å²) in [4.78, 5) is 18.1. The lowest BCUT2D eigenvalue weighted by Gasteiger charge is -2.13. The summed E-state index contributed by atoms with van der Waals surface area (Å²) in [5.74, 6) is 0.800. The SMILES string of the molecule is Cc1nc2ccccc2c2c1c(C)nn2C(=O)N[C@@H]1COc2cc(-c3ccn(C)c3)ccc21. The van der Waals surface area contributed by atoms with Gasteiger partial charge < -0.3 is 14.6 Å². The number of para-hydroxylation sites is 1. The van der Waals surface area contributed by atoms with Crippen LogP contribution in [0.3, 0.4) is 0 Å². The minimum absolute atomic E-state index is 0.244. The largest absolute Gasteiger partial charge is 0.491 e. The number of amides is 1. The Hall–Kier alpha value is -4.13. The van der Waals surface area contributed by atoms with Crippen LogP contribution in [0.25, 0.3) is 32.9 Å². The monoisotopic (exact) mass is 437 g/mol. The molecule has 0 radical (unpaired) electrons. The molecule has 0 saturated heterocycles. The number of nitrogens with zero attached hydrogens (tertiary/aromatic N) is 4. The first-order valence-electron chi connectivity index (χ1n) is 10.9. The van der Waals surface area contributed by atoms with E-state index in [0.29, 0.717) is 6.61 Å². The molecule has 7 nitrogen and oxygen atoms in total. The summed E-state index contributed by atoms with van der Waals surface area (Å²) in [5.41, 5.74) is 6.47. The number of benzene rings is 2. The normalized spacial score (nSPS) is 15.1. The van der Waals surface area contributed by atoms with E-state index in [1.165, 1.54) is 4.68 Å².